The highest BCUT2D eigenvalue weighted by Crippen LogP contribution is 2.19. The van der Waals surface area contributed by atoms with Crippen LogP contribution in [0.3, 0.4) is 0 Å². The van der Waals surface area contributed by atoms with Gasteiger partial charge in [0.15, 0.2) is 0 Å². The third-order valence-electron chi connectivity index (χ3n) is 1.90. The van der Waals surface area contributed by atoms with Crippen molar-refractivity contribution in [1.82, 2.24) is 9.97 Å². The summed E-state index contributed by atoms with van der Waals surface area (Å²) in [5.74, 6) is 0.793. The van der Waals surface area contributed by atoms with Gasteiger partial charge in [-0.3, -0.25) is 4.79 Å². The Kier molecular flexibility index (Phi) is 4.49. The van der Waals surface area contributed by atoms with Crippen LogP contribution >= 0.6 is 11.6 Å². The first-order chi connectivity index (χ1) is 7.54. The van der Waals surface area contributed by atoms with Crippen molar-refractivity contribution in [1.29, 1.82) is 0 Å². The summed E-state index contributed by atoms with van der Waals surface area (Å²) in [5, 5.41) is 3.26. The maximum Gasteiger partial charge on any atom is 0.325 e. The average molecular weight is 244 g/mol. The summed E-state index contributed by atoms with van der Waals surface area (Å²) < 4.78 is 4.79. The summed E-state index contributed by atoms with van der Waals surface area (Å²) >= 11 is 5.89. The Bertz CT molecular complexity index is 396. The molecule has 16 heavy (non-hydrogen) atoms. The first-order valence-corrected chi connectivity index (χ1v) is 5.32. The molecule has 0 unspecified atom stereocenters. The molecule has 1 rings (SSSR count). The zero-order valence-electron chi connectivity index (χ0n) is 9.50. The third kappa shape index (κ3) is 3.34. The van der Waals surface area contributed by atoms with Crippen LogP contribution in [0, 0.1) is 13.8 Å². The number of carbonyl (C=O) groups excluding carboxylic acids is 1. The van der Waals surface area contributed by atoms with E-state index in [1.54, 1.807) is 20.8 Å². The molecule has 1 aromatic heterocycles. The first kappa shape index (κ1) is 12.7. The lowest BCUT2D eigenvalue weighted by Crippen LogP contribution is -2.18. The molecule has 0 radical (unpaired) electrons. The topological polar surface area (TPSA) is 64.1 Å². The maximum atomic E-state index is 11.1. The highest BCUT2D eigenvalue weighted by molar-refractivity contribution is 6.30. The van der Waals surface area contributed by atoms with Gasteiger partial charge in [0, 0.05) is 5.56 Å². The zero-order valence-corrected chi connectivity index (χ0v) is 10.3. The number of esters is 1. The van der Waals surface area contributed by atoms with Gasteiger partial charge in [0.2, 0.25) is 0 Å². The molecule has 1 aromatic rings. The van der Waals surface area contributed by atoms with E-state index in [9.17, 15) is 4.79 Å². The van der Waals surface area contributed by atoms with Crippen molar-refractivity contribution in [2.24, 2.45) is 0 Å². The van der Waals surface area contributed by atoms with Gasteiger partial charge in [-0.15, -0.1) is 0 Å². The predicted octanol–water partition coefficient (Wildman–Crippen LogP) is 1.72. The number of nitrogens with zero attached hydrogens (tertiary/aromatic N) is 2. The lowest BCUT2D eigenvalue weighted by molar-refractivity contribution is -0.140. The van der Waals surface area contributed by atoms with E-state index in [1.807, 2.05) is 0 Å². The van der Waals surface area contributed by atoms with Crippen molar-refractivity contribution >= 4 is 23.4 Å². The lowest BCUT2D eigenvalue weighted by Gasteiger charge is -2.09. The number of halogens is 1. The Morgan fingerprint density at radius 3 is 2.75 bits per heavy atom. The molecule has 0 amide bonds. The summed E-state index contributed by atoms with van der Waals surface area (Å²) in [4.78, 5) is 19.3. The Hall–Kier alpha value is -1.36. The van der Waals surface area contributed by atoms with Crippen molar-refractivity contribution < 1.29 is 9.53 Å². The number of carbonyl (C=O) groups is 1. The van der Waals surface area contributed by atoms with Crippen LogP contribution in [0.4, 0.5) is 5.82 Å². The molecule has 5 nitrogen and oxygen atoms in total. The fourth-order valence-electron chi connectivity index (χ4n) is 1.13. The summed E-state index contributed by atoms with van der Waals surface area (Å²) in [5.41, 5.74) is 0.719. The van der Waals surface area contributed by atoms with Gasteiger partial charge in [0.25, 0.3) is 0 Å². The number of aryl methyl sites for hydroxylation is 1. The van der Waals surface area contributed by atoms with Crippen LogP contribution in [0.5, 0.6) is 0 Å². The Labute approximate surface area is 99.2 Å². The molecule has 1 N–H and O–H groups in total. The smallest absolute Gasteiger partial charge is 0.325 e. The van der Waals surface area contributed by atoms with Crippen LogP contribution in [-0.4, -0.2) is 29.1 Å². The standard InChI is InChI=1S/C10H14ClN3O2/c1-4-16-8(15)5-12-10-6(2)9(11)13-7(3)14-10/h4-5H2,1-3H3,(H,12,13,14). The quantitative estimate of drug-likeness (QED) is 0.644. The third-order valence-corrected chi connectivity index (χ3v) is 2.27. The van der Waals surface area contributed by atoms with Gasteiger partial charge in [0.1, 0.15) is 23.3 Å². The van der Waals surface area contributed by atoms with E-state index in [2.05, 4.69) is 15.3 Å². The largest absolute Gasteiger partial charge is 0.465 e. The number of rotatable bonds is 4. The highest BCUT2D eigenvalue weighted by Gasteiger charge is 2.08. The molecule has 0 atom stereocenters. The van der Waals surface area contributed by atoms with Gasteiger partial charge in [-0.25, -0.2) is 9.97 Å². The maximum absolute atomic E-state index is 11.1. The number of aromatic nitrogens is 2. The van der Waals surface area contributed by atoms with Crippen LogP contribution in [0.25, 0.3) is 0 Å². The van der Waals surface area contributed by atoms with Crippen molar-refractivity contribution in [3.05, 3.63) is 16.5 Å². The number of anilines is 1. The molecule has 6 heteroatoms. The van der Waals surface area contributed by atoms with Gasteiger partial charge in [-0.1, -0.05) is 11.6 Å². The second kappa shape index (κ2) is 5.65. The van der Waals surface area contributed by atoms with E-state index in [0.717, 1.165) is 5.56 Å². The fourth-order valence-corrected chi connectivity index (χ4v) is 1.35. The molecule has 1 heterocycles. The molecule has 0 aromatic carbocycles. The van der Waals surface area contributed by atoms with E-state index >= 15 is 0 Å². The zero-order chi connectivity index (χ0) is 12.1. The average Bonchev–Trinajstić information content (AvgIpc) is 2.21. The predicted molar refractivity (Wildman–Crippen MR) is 61.6 cm³/mol. The van der Waals surface area contributed by atoms with Gasteiger partial charge < -0.3 is 10.1 Å². The fraction of sp³-hybridized carbons (Fsp3) is 0.500. The van der Waals surface area contributed by atoms with Crippen LogP contribution in [0.15, 0.2) is 0 Å². The number of ether oxygens (including phenoxy) is 1. The molecule has 0 aliphatic heterocycles. The lowest BCUT2D eigenvalue weighted by atomic mass is 10.3. The Morgan fingerprint density at radius 1 is 1.44 bits per heavy atom. The first-order valence-electron chi connectivity index (χ1n) is 4.94. The number of hydrogen-bond donors (Lipinski definition) is 1. The summed E-state index contributed by atoms with van der Waals surface area (Å²) in [7, 11) is 0. The van der Waals surface area contributed by atoms with E-state index < -0.39 is 0 Å². The second-order valence-electron chi connectivity index (χ2n) is 3.19. The molecule has 0 aliphatic rings. The van der Waals surface area contributed by atoms with Crippen LogP contribution in [-0.2, 0) is 9.53 Å². The molecular weight excluding hydrogens is 230 g/mol. The molecule has 0 saturated heterocycles. The van der Waals surface area contributed by atoms with Crippen LogP contribution in [0.1, 0.15) is 18.3 Å². The normalized spacial score (nSPS) is 10.0. The minimum atomic E-state index is -0.325. The van der Waals surface area contributed by atoms with Crippen LogP contribution < -0.4 is 5.32 Å². The van der Waals surface area contributed by atoms with E-state index in [0.29, 0.717) is 23.4 Å². The molecule has 0 fully saturated rings. The van der Waals surface area contributed by atoms with Crippen molar-refractivity contribution in [2.75, 3.05) is 18.5 Å². The second-order valence-corrected chi connectivity index (χ2v) is 3.55. The van der Waals surface area contributed by atoms with Gasteiger partial charge in [0.05, 0.1) is 6.61 Å². The van der Waals surface area contributed by atoms with Gasteiger partial charge >= 0.3 is 5.97 Å². The van der Waals surface area contributed by atoms with Gasteiger partial charge in [-0.05, 0) is 20.8 Å². The SMILES string of the molecule is CCOC(=O)CNc1nc(C)nc(Cl)c1C. The van der Waals surface area contributed by atoms with Gasteiger partial charge in [-0.2, -0.15) is 0 Å². The molecule has 0 spiro atoms. The number of hydrogen-bond acceptors (Lipinski definition) is 5. The minimum Gasteiger partial charge on any atom is -0.465 e. The molecule has 0 aliphatic carbocycles. The number of nitrogens with one attached hydrogen (secondary N) is 1. The van der Waals surface area contributed by atoms with Crippen molar-refractivity contribution in [3.8, 4) is 0 Å². The highest BCUT2D eigenvalue weighted by atomic mass is 35.5. The van der Waals surface area contributed by atoms with Crippen molar-refractivity contribution in [2.45, 2.75) is 20.8 Å². The summed E-state index contributed by atoms with van der Waals surface area (Å²) in [6.45, 7) is 5.72. The molecular formula is C10H14ClN3O2. The monoisotopic (exact) mass is 243 g/mol. The Morgan fingerprint density at radius 2 is 2.12 bits per heavy atom. The molecule has 0 saturated carbocycles. The van der Waals surface area contributed by atoms with Crippen molar-refractivity contribution in [3.63, 3.8) is 0 Å². The van der Waals surface area contributed by atoms with E-state index in [1.165, 1.54) is 0 Å². The summed E-state index contributed by atoms with van der Waals surface area (Å²) in [6.07, 6.45) is 0. The summed E-state index contributed by atoms with van der Waals surface area (Å²) in [6, 6.07) is 0. The molecule has 88 valence electrons. The minimum absolute atomic E-state index is 0.0709. The van der Waals surface area contributed by atoms with E-state index in [-0.39, 0.29) is 12.5 Å². The van der Waals surface area contributed by atoms with Crippen LogP contribution in [0.2, 0.25) is 5.15 Å². The Balaban J connectivity index is 2.70. The van der Waals surface area contributed by atoms with E-state index in [4.69, 9.17) is 16.3 Å². The molecule has 0 bridgehead atoms.